The molecule has 0 saturated carbocycles. The predicted octanol–water partition coefficient (Wildman–Crippen LogP) is 1.65. The van der Waals surface area contributed by atoms with Crippen LogP contribution in [0.25, 0.3) is 0 Å². The van der Waals surface area contributed by atoms with Crippen LogP contribution >= 0.6 is 0 Å². The molecule has 0 spiro atoms. The molecule has 0 aliphatic rings. The summed E-state index contributed by atoms with van der Waals surface area (Å²) in [5.41, 5.74) is 2.08. The smallest absolute Gasteiger partial charge is 0.236 e. The maximum Gasteiger partial charge on any atom is 0.236 e. The van der Waals surface area contributed by atoms with Gasteiger partial charge in [0.15, 0.2) is 0 Å². The van der Waals surface area contributed by atoms with Gasteiger partial charge in [-0.05, 0) is 0 Å². The monoisotopic (exact) mass is 266 g/mol. The number of carbonyl (C=O) groups excluding carboxylic acids is 2. The quantitative estimate of drug-likeness (QED) is 0.588. The second kappa shape index (κ2) is 36.3. The van der Waals surface area contributed by atoms with E-state index in [4.69, 9.17) is 0 Å². The van der Waals surface area contributed by atoms with Crippen LogP contribution < -0.4 is 10.7 Å². The van der Waals surface area contributed by atoms with Crippen LogP contribution in [0.3, 0.4) is 0 Å². The highest BCUT2D eigenvalue weighted by Gasteiger charge is 1.77. The molecule has 0 aromatic rings. The van der Waals surface area contributed by atoms with Crippen molar-refractivity contribution in [3.8, 4) is 0 Å². The largest absolute Gasteiger partial charge is 0.400 e. The molecule has 0 radical (unpaired) electrons. The van der Waals surface area contributed by atoms with Crippen molar-refractivity contribution in [1.82, 2.24) is 10.7 Å². The Morgan fingerprint density at radius 3 is 1.33 bits per heavy atom. The Kier molecular flexibility index (Phi) is 72.5. The molecule has 112 valence electrons. The number of rotatable bonds is 2. The second-order valence-electron chi connectivity index (χ2n) is 1.94. The third-order valence-corrected chi connectivity index (χ3v) is 0.718. The summed E-state index contributed by atoms with van der Waals surface area (Å²) in [7, 11) is 3.05. The molecule has 2 amide bonds. The van der Waals surface area contributed by atoms with Gasteiger partial charge in [0.05, 0.1) is 0 Å². The normalized spacial score (nSPS) is 5.33. The molecule has 7 heteroatoms. The molecule has 0 heterocycles. The Labute approximate surface area is 112 Å². The number of hydrogen-bond acceptors (Lipinski definition) is 5. The van der Waals surface area contributed by atoms with E-state index in [1.54, 1.807) is 7.05 Å². The minimum Gasteiger partial charge on any atom is -0.400 e. The SMILES string of the molecule is C.C.C.C=NNC(C)=O.C=NOC.CNC(C)=O. The third kappa shape index (κ3) is 145. The van der Waals surface area contributed by atoms with Crippen molar-refractivity contribution >= 4 is 25.2 Å². The lowest BCUT2D eigenvalue weighted by Gasteiger charge is -1.82. The number of oxime groups is 1. The number of nitrogens with zero attached hydrogens (tertiary/aromatic N) is 2. The zero-order valence-corrected chi connectivity index (χ0v) is 9.53. The van der Waals surface area contributed by atoms with Gasteiger partial charge in [-0.3, -0.25) is 9.59 Å². The van der Waals surface area contributed by atoms with Crippen molar-refractivity contribution in [1.29, 1.82) is 0 Å². The average Bonchev–Trinajstić information content (AvgIpc) is 2.19. The van der Waals surface area contributed by atoms with Crippen LogP contribution in [0.2, 0.25) is 0 Å². The van der Waals surface area contributed by atoms with Gasteiger partial charge in [-0.2, -0.15) is 5.10 Å². The van der Waals surface area contributed by atoms with Gasteiger partial charge in [-0.25, -0.2) is 5.43 Å². The van der Waals surface area contributed by atoms with Crippen molar-refractivity contribution in [2.24, 2.45) is 10.3 Å². The van der Waals surface area contributed by atoms with Crippen molar-refractivity contribution in [3.05, 3.63) is 0 Å². The van der Waals surface area contributed by atoms with Gasteiger partial charge in [0.25, 0.3) is 0 Å². The molecule has 0 bridgehead atoms. The molecule has 0 aliphatic heterocycles. The zero-order chi connectivity index (χ0) is 12.7. The van der Waals surface area contributed by atoms with E-state index in [1.807, 2.05) is 0 Å². The molecule has 0 aromatic carbocycles. The van der Waals surface area contributed by atoms with Crippen molar-refractivity contribution in [3.63, 3.8) is 0 Å². The van der Waals surface area contributed by atoms with E-state index in [-0.39, 0.29) is 34.1 Å². The number of amides is 2. The summed E-state index contributed by atoms with van der Waals surface area (Å²) in [5, 5.41) is 8.46. The Hall–Kier alpha value is -1.92. The van der Waals surface area contributed by atoms with Crippen LogP contribution in [-0.2, 0) is 14.4 Å². The van der Waals surface area contributed by atoms with Crippen molar-refractivity contribution in [2.45, 2.75) is 36.1 Å². The number of hydrazone groups is 1. The molecule has 0 fully saturated rings. The summed E-state index contributed by atoms with van der Waals surface area (Å²) in [6.45, 7) is 8.87. The Morgan fingerprint density at radius 1 is 1.06 bits per heavy atom. The number of hydrogen-bond donors (Lipinski definition) is 2. The topological polar surface area (TPSA) is 92.2 Å². The molecule has 0 aliphatic carbocycles. The van der Waals surface area contributed by atoms with E-state index in [2.05, 4.69) is 39.3 Å². The Bertz CT molecular complexity index is 197. The first-order chi connectivity index (χ1) is 6.95. The van der Waals surface area contributed by atoms with Crippen LogP contribution in [0, 0.1) is 0 Å². The first kappa shape index (κ1) is 36.0. The molecule has 2 N–H and O–H groups in total. The molecule has 18 heavy (non-hydrogen) atoms. The molecular formula is C11H30N4O3. The minimum atomic E-state index is -0.190. The van der Waals surface area contributed by atoms with Crippen LogP contribution in [0.1, 0.15) is 36.1 Å². The lowest BCUT2D eigenvalue weighted by atomic mass is 10.7. The van der Waals surface area contributed by atoms with Crippen molar-refractivity contribution in [2.75, 3.05) is 14.2 Å². The molecule has 0 unspecified atom stereocenters. The van der Waals surface area contributed by atoms with Gasteiger partial charge < -0.3 is 10.2 Å². The molecule has 0 saturated heterocycles. The summed E-state index contributed by atoms with van der Waals surface area (Å²) in [5.74, 6) is -0.185. The minimum absolute atomic E-state index is 0. The number of nitrogens with one attached hydrogen (secondary N) is 2. The number of carbonyl (C=O) groups is 2. The fourth-order valence-corrected chi connectivity index (χ4v) is 0.111. The average molecular weight is 266 g/mol. The standard InChI is InChI=1S/C3H6N2O.C3H7NO.C2H5NO.3CH4/c1-3(6)5-4-2;1-3(5)4-2;1-3-4-2;;;/h2H2,1H3,(H,5,6);1-2H3,(H,4,5);1H2,2H3;3*1H4. The maximum absolute atomic E-state index is 9.80. The van der Waals surface area contributed by atoms with Crippen LogP contribution in [0.5, 0.6) is 0 Å². The van der Waals surface area contributed by atoms with E-state index < -0.39 is 0 Å². The Morgan fingerprint density at radius 2 is 1.33 bits per heavy atom. The van der Waals surface area contributed by atoms with Crippen molar-refractivity contribution < 1.29 is 14.4 Å². The van der Waals surface area contributed by atoms with Gasteiger partial charge >= 0.3 is 0 Å². The fourth-order valence-electron chi connectivity index (χ4n) is 0.111. The molecule has 0 rings (SSSR count). The third-order valence-electron chi connectivity index (χ3n) is 0.718. The van der Waals surface area contributed by atoms with Crippen LogP contribution in [0.4, 0.5) is 0 Å². The first-order valence-electron chi connectivity index (χ1n) is 3.86. The van der Waals surface area contributed by atoms with Gasteiger partial charge in [0.1, 0.15) is 7.11 Å². The van der Waals surface area contributed by atoms with Crippen LogP contribution in [0.15, 0.2) is 10.3 Å². The van der Waals surface area contributed by atoms with Gasteiger partial charge in [-0.15, -0.1) is 5.16 Å². The first-order valence-corrected chi connectivity index (χ1v) is 3.86. The second-order valence-corrected chi connectivity index (χ2v) is 1.94. The zero-order valence-electron chi connectivity index (χ0n) is 9.53. The summed E-state index contributed by atoms with van der Waals surface area (Å²) in [4.78, 5) is 23.6. The highest BCUT2D eigenvalue weighted by Crippen LogP contribution is 1.53. The summed E-state index contributed by atoms with van der Waals surface area (Å²) in [6, 6.07) is 0. The maximum atomic E-state index is 9.80. The molecule has 0 aromatic heterocycles. The molecule has 7 nitrogen and oxygen atoms in total. The van der Waals surface area contributed by atoms with Gasteiger partial charge in [0, 0.05) is 34.3 Å². The lowest BCUT2D eigenvalue weighted by molar-refractivity contribution is -0.119. The van der Waals surface area contributed by atoms with E-state index in [0.717, 1.165) is 0 Å². The molecular weight excluding hydrogens is 236 g/mol. The van der Waals surface area contributed by atoms with E-state index in [9.17, 15) is 9.59 Å². The van der Waals surface area contributed by atoms with E-state index in [1.165, 1.54) is 21.0 Å². The van der Waals surface area contributed by atoms with E-state index >= 15 is 0 Å². The van der Waals surface area contributed by atoms with E-state index in [0.29, 0.717) is 0 Å². The lowest BCUT2D eigenvalue weighted by Crippen LogP contribution is -2.11. The Balaban J connectivity index is -0.0000000282. The molecule has 0 atom stereocenters. The van der Waals surface area contributed by atoms with Gasteiger partial charge in [-0.1, -0.05) is 22.3 Å². The van der Waals surface area contributed by atoms with Crippen LogP contribution in [-0.4, -0.2) is 39.4 Å². The summed E-state index contributed by atoms with van der Waals surface area (Å²) < 4.78 is 0. The highest BCUT2D eigenvalue weighted by molar-refractivity contribution is 5.72. The summed E-state index contributed by atoms with van der Waals surface area (Å²) >= 11 is 0. The fraction of sp³-hybridized carbons (Fsp3) is 0.636. The highest BCUT2D eigenvalue weighted by atomic mass is 16.6. The van der Waals surface area contributed by atoms with Gasteiger partial charge in [0.2, 0.25) is 11.8 Å². The summed E-state index contributed by atoms with van der Waals surface area (Å²) in [6.07, 6.45) is 0. The predicted molar refractivity (Wildman–Crippen MR) is 79.9 cm³/mol.